The zero-order valence-electron chi connectivity index (χ0n) is 20.7. The number of benzene rings is 2. The normalized spacial score (nSPS) is 15.0. The number of carbonyl (C=O) groups excluding carboxylic acids is 2. The Morgan fingerprint density at radius 1 is 1.08 bits per heavy atom. The van der Waals surface area contributed by atoms with Gasteiger partial charge >= 0.3 is 6.03 Å². The van der Waals surface area contributed by atoms with Gasteiger partial charge in [-0.05, 0) is 67.5 Å². The van der Waals surface area contributed by atoms with E-state index in [1.807, 2.05) is 49.6 Å². The molecule has 1 saturated heterocycles. The Morgan fingerprint density at radius 2 is 1.89 bits per heavy atom. The Balaban J connectivity index is 1.52. The molecule has 3 amide bonds. The lowest BCUT2D eigenvalue weighted by Gasteiger charge is -2.29. The summed E-state index contributed by atoms with van der Waals surface area (Å²) in [6.07, 6.45) is 1.71. The van der Waals surface area contributed by atoms with Crippen molar-refractivity contribution in [2.75, 3.05) is 25.0 Å². The second-order valence-corrected chi connectivity index (χ2v) is 10.3. The number of ether oxygens (including phenoxy) is 1. The summed E-state index contributed by atoms with van der Waals surface area (Å²) in [5, 5.41) is 4.95. The summed E-state index contributed by atoms with van der Waals surface area (Å²) in [7, 11) is 0. The quantitative estimate of drug-likeness (QED) is 0.400. The number of anilines is 1. The molecule has 8 heteroatoms. The van der Waals surface area contributed by atoms with Crippen molar-refractivity contribution >= 4 is 29.0 Å². The van der Waals surface area contributed by atoms with Gasteiger partial charge in [0, 0.05) is 30.3 Å². The van der Waals surface area contributed by atoms with Crippen molar-refractivity contribution in [2.45, 2.75) is 45.9 Å². The van der Waals surface area contributed by atoms with Crippen LogP contribution < -0.4 is 5.32 Å². The highest BCUT2D eigenvalue weighted by Crippen LogP contribution is 2.20. The maximum atomic E-state index is 13.6. The summed E-state index contributed by atoms with van der Waals surface area (Å²) in [5.74, 6) is -0.498. The number of hydrogen-bond donors (Lipinski definition) is 1. The van der Waals surface area contributed by atoms with Gasteiger partial charge in [0.15, 0.2) is 0 Å². The Labute approximate surface area is 215 Å². The predicted molar refractivity (Wildman–Crippen MR) is 140 cm³/mol. The van der Waals surface area contributed by atoms with Crippen molar-refractivity contribution in [1.29, 1.82) is 0 Å². The second kappa shape index (κ2) is 12.1. The van der Waals surface area contributed by atoms with Crippen molar-refractivity contribution in [3.05, 3.63) is 87.4 Å². The topological polar surface area (TPSA) is 61.9 Å². The molecule has 36 heavy (non-hydrogen) atoms. The Morgan fingerprint density at radius 3 is 2.56 bits per heavy atom. The Kier molecular flexibility index (Phi) is 8.72. The highest BCUT2D eigenvalue weighted by atomic mass is 32.1. The molecule has 4 rings (SSSR count). The molecule has 1 N–H and O–H groups in total. The predicted octanol–water partition coefficient (Wildman–Crippen LogP) is 5.75. The molecule has 1 aliphatic rings. The van der Waals surface area contributed by atoms with E-state index in [4.69, 9.17) is 4.74 Å². The molecule has 0 saturated carbocycles. The molecule has 0 aliphatic carbocycles. The van der Waals surface area contributed by atoms with Crippen LogP contribution in [0.4, 0.5) is 14.9 Å². The zero-order valence-corrected chi connectivity index (χ0v) is 21.5. The minimum absolute atomic E-state index is 0.0802. The molecule has 190 valence electrons. The molecule has 0 unspecified atom stereocenters. The van der Waals surface area contributed by atoms with Gasteiger partial charge in [-0.25, -0.2) is 9.18 Å². The first-order valence-corrected chi connectivity index (χ1v) is 13.0. The van der Waals surface area contributed by atoms with E-state index in [0.29, 0.717) is 26.2 Å². The number of nitrogens with one attached hydrogen (secondary N) is 1. The number of carbonyl (C=O) groups is 2. The lowest BCUT2D eigenvalue weighted by atomic mass is 10.1. The number of nitrogens with zero attached hydrogens (tertiary/aromatic N) is 2. The third-order valence-corrected chi connectivity index (χ3v) is 7.11. The van der Waals surface area contributed by atoms with Crippen LogP contribution in [0, 0.1) is 19.7 Å². The van der Waals surface area contributed by atoms with E-state index in [0.717, 1.165) is 40.1 Å². The lowest BCUT2D eigenvalue weighted by molar-refractivity contribution is -0.133. The van der Waals surface area contributed by atoms with Gasteiger partial charge in [0.1, 0.15) is 12.4 Å². The molecular weight excluding hydrogens is 477 g/mol. The number of halogens is 1. The van der Waals surface area contributed by atoms with Crippen molar-refractivity contribution in [1.82, 2.24) is 9.80 Å². The Hall–Kier alpha value is -3.23. The van der Waals surface area contributed by atoms with Crippen LogP contribution in [-0.2, 0) is 22.6 Å². The van der Waals surface area contributed by atoms with Gasteiger partial charge in [-0.2, -0.15) is 0 Å². The number of urea groups is 1. The zero-order chi connectivity index (χ0) is 25.5. The van der Waals surface area contributed by atoms with Crippen LogP contribution in [-0.4, -0.2) is 47.5 Å². The van der Waals surface area contributed by atoms with Gasteiger partial charge in [-0.1, -0.05) is 35.9 Å². The third-order valence-electron chi connectivity index (χ3n) is 6.25. The first kappa shape index (κ1) is 25.9. The van der Waals surface area contributed by atoms with E-state index in [-0.39, 0.29) is 30.4 Å². The lowest BCUT2D eigenvalue weighted by Crippen LogP contribution is -2.46. The summed E-state index contributed by atoms with van der Waals surface area (Å²) in [6, 6.07) is 15.6. The molecule has 1 fully saturated rings. The summed E-state index contributed by atoms with van der Waals surface area (Å²) in [5.41, 5.74) is 3.62. The maximum absolute atomic E-state index is 13.6. The molecule has 0 spiro atoms. The molecule has 1 aromatic heterocycles. The van der Waals surface area contributed by atoms with E-state index in [2.05, 4.69) is 5.32 Å². The van der Waals surface area contributed by atoms with E-state index >= 15 is 0 Å². The van der Waals surface area contributed by atoms with Crippen molar-refractivity contribution in [2.24, 2.45) is 0 Å². The fraction of sp³-hybridized carbons (Fsp3) is 0.357. The first-order valence-electron chi connectivity index (χ1n) is 12.2. The monoisotopic (exact) mass is 509 g/mol. The van der Waals surface area contributed by atoms with Crippen LogP contribution in [0.5, 0.6) is 0 Å². The van der Waals surface area contributed by atoms with Crippen LogP contribution in [0.2, 0.25) is 0 Å². The number of amides is 3. The fourth-order valence-corrected chi connectivity index (χ4v) is 5.02. The van der Waals surface area contributed by atoms with Crippen LogP contribution in [0.1, 0.15) is 34.4 Å². The van der Waals surface area contributed by atoms with Gasteiger partial charge in [-0.15, -0.1) is 11.3 Å². The average Bonchev–Trinajstić information content (AvgIpc) is 3.56. The standard InChI is InChI=1S/C28H32FN3O3S/c1-20-7-12-26(21(2)15-20)30-28(34)32(17-24-5-3-13-35-24)19-27(33)31(18-25-6-4-14-36-25)16-22-8-10-23(29)11-9-22/h4,6-12,14-15,24H,3,5,13,16-19H2,1-2H3,(H,30,34)/t24-/m0/s1. The van der Waals surface area contributed by atoms with Crippen LogP contribution in [0.25, 0.3) is 0 Å². The highest BCUT2D eigenvalue weighted by molar-refractivity contribution is 7.09. The second-order valence-electron chi connectivity index (χ2n) is 9.22. The van der Waals surface area contributed by atoms with E-state index in [9.17, 15) is 14.0 Å². The molecule has 3 aromatic rings. The van der Waals surface area contributed by atoms with Crippen molar-refractivity contribution in [3.8, 4) is 0 Å². The molecule has 2 aromatic carbocycles. The first-order chi connectivity index (χ1) is 17.4. The summed E-state index contributed by atoms with van der Waals surface area (Å²) < 4.78 is 19.2. The minimum Gasteiger partial charge on any atom is -0.376 e. The molecule has 0 bridgehead atoms. The van der Waals surface area contributed by atoms with Crippen LogP contribution >= 0.6 is 11.3 Å². The summed E-state index contributed by atoms with van der Waals surface area (Å²) in [4.78, 5) is 31.2. The maximum Gasteiger partial charge on any atom is 0.322 e. The molecule has 1 atom stereocenters. The molecule has 6 nitrogen and oxygen atoms in total. The summed E-state index contributed by atoms with van der Waals surface area (Å²) >= 11 is 1.57. The Bertz CT molecular complexity index is 1160. The smallest absolute Gasteiger partial charge is 0.322 e. The van der Waals surface area contributed by atoms with Crippen LogP contribution in [0.3, 0.4) is 0 Å². The minimum atomic E-state index is -0.330. The fourth-order valence-electron chi connectivity index (χ4n) is 4.30. The molecule has 2 heterocycles. The van der Waals surface area contributed by atoms with E-state index in [1.165, 1.54) is 12.1 Å². The van der Waals surface area contributed by atoms with Gasteiger partial charge in [-0.3, -0.25) is 4.79 Å². The third kappa shape index (κ3) is 7.15. The number of thiophene rings is 1. The van der Waals surface area contributed by atoms with Gasteiger partial charge in [0.2, 0.25) is 5.91 Å². The van der Waals surface area contributed by atoms with Gasteiger partial charge in [0.25, 0.3) is 0 Å². The SMILES string of the molecule is Cc1ccc(NC(=O)N(CC(=O)N(Cc2ccc(F)cc2)Cc2cccs2)C[C@@H]2CCCO2)c(C)c1. The number of hydrogen-bond acceptors (Lipinski definition) is 4. The molecular formula is C28H32FN3O3S. The van der Waals surface area contributed by atoms with Gasteiger partial charge < -0.3 is 19.9 Å². The number of aryl methyl sites for hydroxylation is 2. The van der Waals surface area contributed by atoms with E-state index < -0.39 is 0 Å². The van der Waals surface area contributed by atoms with Crippen molar-refractivity contribution in [3.63, 3.8) is 0 Å². The summed E-state index contributed by atoms with van der Waals surface area (Å²) in [6.45, 7) is 5.62. The average molecular weight is 510 g/mol. The van der Waals surface area contributed by atoms with Crippen molar-refractivity contribution < 1.29 is 18.7 Å². The largest absolute Gasteiger partial charge is 0.376 e. The highest BCUT2D eigenvalue weighted by Gasteiger charge is 2.27. The van der Waals surface area contributed by atoms with E-state index in [1.54, 1.807) is 33.3 Å². The number of rotatable bonds is 9. The molecule has 0 radical (unpaired) electrons. The molecule has 1 aliphatic heterocycles. The van der Waals surface area contributed by atoms with Crippen LogP contribution in [0.15, 0.2) is 60.0 Å². The van der Waals surface area contributed by atoms with Gasteiger partial charge in [0.05, 0.1) is 12.6 Å².